The number of benzene rings is 2. The van der Waals surface area contributed by atoms with Gasteiger partial charge in [0.05, 0.1) is 12.7 Å². The lowest BCUT2D eigenvalue weighted by Crippen LogP contribution is -2.28. The van der Waals surface area contributed by atoms with Crippen LogP contribution in [0.4, 0.5) is 0 Å². The van der Waals surface area contributed by atoms with Gasteiger partial charge >= 0.3 is 0 Å². The molecule has 2 aromatic rings. The molecule has 1 fully saturated rings. The second kappa shape index (κ2) is 5.16. The maximum atomic E-state index is 9.37. The number of aliphatic hydroxyl groups is 1. The van der Waals surface area contributed by atoms with Crippen molar-refractivity contribution in [2.75, 3.05) is 6.61 Å². The fourth-order valence-electron chi connectivity index (χ4n) is 2.90. The molecule has 0 amide bonds. The van der Waals surface area contributed by atoms with Gasteiger partial charge < -0.3 is 9.84 Å². The number of ether oxygens (including phenoxy) is 1. The van der Waals surface area contributed by atoms with Crippen LogP contribution in [0.5, 0.6) is 0 Å². The molecule has 2 nitrogen and oxygen atoms in total. The van der Waals surface area contributed by atoms with Crippen molar-refractivity contribution in [2.45, 2.75) is 24.5 Å². The minimum absolute atomic E-state index is 0.0691. The Morgan fingerprint density at radius 1 is 0.947 bits per heavy atom. The summed E-state index contributed by atoms with van der Waals surface area (Å²) in [5.41, 5.74) is 1.92. The average Bonchev–Trinajstić information content (AvgIpc) is 2.95. The molecule has 2 aromatic carbocycles. The predicted octanol–water partition coefficient (Wildman–Crippen LogP) is 3.10. The summed E-state index contributed by atoms with van der Waals surface area (Å²) in [5.74, 6) is 0. The van der Waals surface area contributed by atoms with Gasteiger partial charge in [-0.1, -0.05) is 60.7 Å². The maximum absolute atomic E-state index is 9.37. The quantitative estimate of drug-likeness (QED) is 0.912. The second-order valence-electron chi connectivity index (χ2n) is 5.02. The summed E-state index contributed by atoms with van der Waals surface area (Å²) in [4.78, 5) is 0. The van der Waals surface area contributed by atoms with Crippen molar-refractivity contribution in [3.05, 3.63) is 71.8 Å². The monoisotopic (exact) mass is 254 g/mol. The molecule has 0 aromatic heterocycles. The van der Waals surface area contributed by atoms with Crippen molar-refractivity contribution in [1.29, 1.82) is 0 Å². The van der Waals surface area contributed by atoms with Crippen molar-refractivity contribution in [3.63, 3.8) is 0 Å². The minimum Gasteiger partial charge on any atom is -0.394 e. The minimum atomic E-state index is -0.407. The second-order valence-corrected chi connectivity index (χ2v) is 5.02. The van der Waals surface area contributed by atoms with E-state index in [0.717, 1.165) is 24.0 Å². The smallest absolute Gasteiger partial charge is 0.119 e. The number of hydrogen-bond acceptors (Lipinski definition) is 2. The Bertz CT molecular complexity index is 482. The Hall–Kier alpha value is -1.64. The highest BCUT2D eigenvalue weighted by Crippen LogP contribution is 2.44. The fourth-order valence-corrected chi connectivity index (χ4v) is 2.90. The van der Waals surface area contributed by atoms with E-state index in [-0.39, 0.29) is 12.7 Å². The van der Waals surface area contributed by atoms with Gasteiger partial charge in [-0.15, -0.1) is 0 Å². The van der Waals surface area contributed by atoms with E-state index in [1.165, 1.54) is 0 Å². The van der Waals surface area contributed by atoms with Crippen LogP contribution in [0, 0.1) is 0 Å². The maximum Gasteiger partial charge on any atom is 0.119 e. The van der Waals surface area contributed by atoms with Crippen molar-refractivity contribution >= 4 is 0 Å². The summed E-state index contributed by atoms with van der Waals surface area (Å²) in [6.07, 6.45) is 1.73. The predicted molar refractivity (Wildman–Crippen MR) is 74.9 cm³/mol. The average molecular weight is 254 g/mol. The highest BCUT2D eigenvalue weighted by molar-refractivity contribution is 5.37. The third kappa shape index (κ3) is 2.18. The van der Waals surface area contributed by atoms with E-state index in [9.17, 15) is 5.11 Å². The Morgan fingerprint density at radius 2 is 1.47 bits per heavy atom. The van der Waals surface area contributed by atoms with E-state index < -0.39 is 5.60 Å². The summed E-state index contributed by atoms with van der Waals surface area (Å²) in [6, 6.07) is 20.6. The zero-order valence-corrected chi connectivity index (χ0v) is 10.8. The summed E-state index contributed by atoms with van der Waals surface area (Å²) in [6.45, 7) is 0.0847. The molecular weight excluding hydrogens is 236 g/mol. The summed E-state index contributed by atoms with van der Waals surface area (Å²) in [7, 11) is 0. The molecule has 19 heavy (non-hydrogen) atoms. The highest BCUT2D eigenvalue weighted by atomic mass is 16.5. The van der Waals surface area contributed by atoms with Crippen LogP contribution < -0.4 is 0 Å². The van der Waals surface area contributed by atoms with Crippen LogP contribution >= 0.6 is 0 Å². The summed E-state index contributed by atoms with van der Waals surface area (Å²) in [5, 5.41) is 9.37. The van der Waals surface area contributed by atoms with Crippen LogP contribution in [0.3, 0.4) is 0 Å². The van der Waals surface area contributed by atoms with Gasteiger partial charge in [-0.05, 0) is 24.0 Å². The molecule has 0 saturated carbocycles. The lowest BCUT2D eigenvalue weighted by atomic mass is 9.84. The van der Waals surface area contributed by atoms with Crippen LogP contribution in [0.2, 0.25) is 0 Å². The van der Waals surface area contributed by atoms with E-state index in [4.69, 9.17) is 4.74 Å². The SMILES string of the molecule is OC[C@H]1CCC(c2ccccc2)(c2ccccc2)O1. The summed E-state index contributed by atoms with van der Waals surface area (Å²) < 4.78 is 6.22. The molecule has 98 valence electrons. The normalized spacial score (nSPS) is 21.4. The van der Waals surface area contributed by atoms with Crippen molar-refractivity contribution in [1.82, 2.24) is 0 Å². The van der Waals surface area contributed by atoms with Crippen LogP contribution in [-0.4, -0.2) is 17.8 Å². The molecule has 1 heterocycles. The van der Waals surface area contributed by atoms with E-state index in [1.54, 1.807) is 0 Å². The molecular formula is C17H18O2. The van der Waals surface area contributed by atoms with Crippen LogP contribution in [0.15, 0.2) is 60.7 Å². The number of rotatable bonds is 3. The molecule has 0 bridgehead atoms. The third-order valence-electron chi connectivity index (χ3n) is 3.87. The molecule has 3 rings (SSSR count). The highest BCUT2D eigenvalue weighted by Gasteiger charge is 2.42. The molecule has 1 aliphatic heterocycles. The van der Waals surface area contributed by atoms with Gasteiger partial charge in [0.25, 0.3) is 0 Å². The van der Waals surface area contributed by atoms with Crippen LogP contribution in [0.25, 0.3) is 0 Å². The zero-order valence-electron chi connectivity index (χ0n) is 10.8. The zero-order chi connectivity index (χ0) is 13.1. The lowest BCUT2D eigenvalue weighted by Gasteiger charge is -2.30. The van der Waals surface area contributed by atoms with E-state index >= 15 is 0 Å². The molecule has 1 saturated heterocycles. The molecule has 1 N–H and O–H groups in total. The first-order valence-electron chi connectivity index (χ1n) is 6.75. The summed E-state index contributed by atoms with van der Waals surface area (Å²) >= 11 is 0. The van der Waals surface area contributed by atoms with Gasteiger partial charge in [0.15, 0.2) is 0 Å². The van der Waals surface area contributed by atoms with Gasteiger partial charge in [-0.25, -0.2) is 0 Å². The van der Waals surface area contributed by atoms with Gasteiger partial charge in [0, 0.05) is 0 Å². The molecule has 0 aliphatic carbocycles. The van der Waals surface area contributed by atoms with Crippen LogP contribution in [0.1, 0.15) is 24.0 Å². The van der Waals surface area contributed by atoms with Crippen molar-refractivity contribution < 1.29 is 9.84 Å². The Balaban J connectivity index is 2.07. The van der Waals surface area contributed by atoms with Gasteiger partial charge in [0.2, 0.25) is 0 Å². The third-order valence-corrected chi connectivity index (χ3v) is 3.87. The largest absolute Gasteiger partial charge is 0.394 e. The van der Waals surface area contributed by atoms with E-state index in [2.05, 4.69) is 24.3 Å². The lowest BCUT2D eigenvalue weighted by molar-refractivity contribution is -0.0384. The van der Waals surface area contributed by atoms with Crippen LogP contribution in [-0.2, 0) is 10.3 Å². The van der Waals surface area contributed by atoms with Gasteiger partial charge in [0.1, 0.15) is 5.60 Å². The topological polar surface area (TPSA) is 29.5 Å². The van der Waals surface area contributed by atoms with E-state index in [1.807, 2.05) is 36.4 Å². The van der Waals surface area contributed by atoms with Gasteiger partial charge in [-0.3, -0.25) is 0 Å². The standard InChI is InChI=1S/C17H18O2/c18-13-16-11-12-17(19-16,14-7-3-1-4-8-14)15-9-5-2-6-10-15/h1-10,16,18H,11-13H2/t16-/m1/s1. The number of aliphatic hydroxyl groups excluding tert-OH is 1. The molecule has 2 heteroatoms. The molecule has 1 aliphatic rings. The Labute approximate surface area is 113 Å². The molecule has 1 atom stereocenters. The molecule has 0 unspecified atom stereocenters. The van der Waals surface area contributed by atoms with Crippen molar-refractivity contribution in [2.24, 2.45) is 0 Å². The van der Waals surface area contributed by atoms with Crippen molar-refractivity contribution in [3.8, 4) is 0 Å². The first-order chi connectivity index (χ1) is 9.35. The fraction of sp³-hybridized carbons (Fsp3) is 0.294. The molecule has 0 radical (unpaired) electrons. The molecule has 0 spiro atoms. The Kier molecular flexibility index (Phi) is 3.36. The number of hydrogen-bond donors (Lipinski definition) is 1. The first kappa shape index (κ1) is 12.4. The first-order valence-corrected chi connectivity index (χ1v) is 6.75. The Morgan fingerprint density at radius 3 is 1.89 bits per heavy atom. The van der Waals surface area contributed by atoms with E-state index in [0.29, 0.717) is 0 Å². The van der Waals surface area contributed by atoms with Gasteiger partial charge in [-0.2, -0.15) is 0 Å².